The van der Waals surface area contributed by atoms with Crippen molar-refractivity contribution in [2.45, 2.75) is 6.92 Å². The molecular formula is C7H10Ba. The van der Waals surface area contributed by atoms with Crippen LogP contribution in [0.5, 0.6) is 0 Å². The monoisotopic (exact) mass is 232 g/mol. The van der Waals surface area contributed by atoms with Crippen LogP contribution in [0, 0.1) is 6.92 Å². The van der Waals surface area contributed by atoms with Crippen molar-refractivity contribution in [3.8, 4) is 0 Å². The van der Waals surface area contributed by atoms with E-state index in [1.54, 1.807) is 0 Å². The fraction of sp³-hybridized carbons (Fsp3) is 0.143. The first-order valence-electron chi connectivity index (χ1n) is 2.41. The van der Waals surface area contributed by atoms with E-state index in [-0.39, 0.29) is 51.7 Å². The van der Waals surface area contributed by atoms with Gasteiger partial charge in [0.15, 0.2) is 0 Å². The molecule has 0 spiro atoms. The summed E-state index contributed by atoms with van der Waals surface area (Å²) in [6, 6.07) is 10.3. The van der Waals surface area contributed by atoms with Gasteiger partial charge in [0.2, 0.25) is 0 Å². The maximum Gasteiger partial charge on any atom is 2.00 e. The van der Waals surface area contributed by atoms with Gasteiger partial charge in [-0.15, -0.1) is 0 Å². The van der Waals surface area contributed by atoms with E-state index in [1.165, 1.54) is 5.56 Å². The molecule has 0 atom stereocenters. The van der Waals surface area contributed by atoms with Crippen molar-refractivity contribution in [3.63, 3.8) is 0 Å². The zero-order valence-corrected chi connectivity index (χ0v) is 9.53. The van der Waals surface area contributed by atoms with E-state index in [2.05, 4.69) is 19.1 Å². The van der Waals surface area contributed by atoms with Gasteiger partial charge >= 0.3 is 48.9 Å². The second-order valence-corrected chi connectivity index (χ2v) is 1.65. The number of aryl methyl sites for hydroxylation is 1. The van der Waals surface area contributed by atoms with Crippen molar-refractivity contribution in [1.82, 2.24) is 0 Å². The maximum absolute atomic E-state index is 2.08. The van der Waals surface area contributed by atoms with E-state index in [9.17, 15) is 0 Å². The Kier molecular flexibility index (Phi) is 5.11. The van der Waals surface area contributed by atoms with Gasteiger partial charge in [0, 0.05) is 0 Å². The third-order valence-electron chi connectivity index (χ3n) is 0.940. The Bertz CT molecular complexity index is 142. The fourth-order valence-electron chi connectivity index (χ4n) is 0.534. The number of hydrogen-bond acceptors (Lipinski definition) is 0. The Balaban J connectivity index is -0.000000163. The van der Waals surface area contributed by atoms with Crippen LogP contribution in [0.25, 0.3) is 0 Å². The molecule has 0 aromatic heterocycles. The van der Waals surface area contributed by atoms with Gasteiger partial charge in [-0.2, -0.15) is 0 Å². The van der Waals surface area contributed by atoms with Crippen LogP contribution in [0.4, 0.5) is 0 Å². The average Bonchev–Trinajstić information content (AvgIpc) is 1.69. The summed E-state index contributed by atoms with van der Waals surface area (Å²) >= 11 is 0. The summed E-state index contributed by atoms with van der Waals surface area (Å²) in [5, 5.41) is 0. The standard InChI is InChI=1S/C7H8.Ba.2H/c1-7-5-3-2-4-6-7;;;/h2-6H,1H3;;;/q;+2;2*-1. The molecule has 0 unspecified atom stereocenters. The third kappa shape index (κ3) is 2.95. The molecule has 0 nitrogen and oxygen atoms in total. The molecule has 0 aliphatic carbocycles. The summed E-state index contributed by atoms with van der Waals surface area (Å²) in [7, 11) is 0. The zero-order valence-electron chi connectivity index (χ0n) is 7.09. The predicted octanol–water partition coefficient (Wildman–Crippen LogP) is 1.84. The van der Waals surface area contributed by atoms with Crippen LogP contribution in [-0.2, 0) is 0 Å². The molecule has 1 heteroatoms. The quantitative estimate of drug-likeness (QED) is 0.598. The minimum atomic E-state index is 0. The molecule has 0 saturated carbocycles. The molecule has 8 heavy (non-hydrogen) atoms. The number of hydrogen-bond donors (Lipinski definition) is 0. The van der Waals surface area contributed by atoms with Gasteiger partial charge < -0.3 is 2.85 Å². The topological polar surface area (TPSA) is 0 Å². The molecular weight excluding hydrogens is 221 g/mol. The Hall–Kier alpha value is 0.791. The van der Waals surface area contributed by atoms with Crippen LogP contribution >= 0.6 is 0 Å². The van der Waals surface area contributed by atoms with Gasteiger partial charge in [-0.3, -0.25) is 0 Å². The van der Waals surface area contributed by atoms with Gasteiger partial charge in [-0.25, -0.2) is 0 Å². The maximum atomic E-state index is 2.08. The average molecular weight is 231 g/mol. The van der Waals surface area contributed by atoms with E-state index < -0.39 is 0 Å². The second-order valence-electron chi connectivity index (χ2n) is 1.65. The number of rotatable bonds is 0. The van der Waals surface area contributed by atoms with Crippen molar-refractivity contribution in [2.75, 3.05) is 0 Å². The Labute approximate surface area is 93.3 Å². The Morgan fingerprint density at radius 2 is 1.62 bits per heavy atom. The van der Waals surface area contributed by atoms with Gasteiger partial charge in [0.25, 0.3) is 0 Å². The molecule has 1 rings (SSSR count). The molecule has 1 aromatic carbocycles. The van der Waals surface area contributed by atoms with Crippen LogP contribution < -0.4 is 0 Å². The Morgan fingerprint density at radius 3 is 1.88 bits per heavy atom. The first-order valence-corrected chi connectivity index (χ1v) is 2.41. The summed E-state index contributed by atoms with van der Waals surface area (Å²) in [5.74, 6) is 0. The second kappa shape index (κ2) is 4.65. The van der Waals surface area contributed by atoms with Crippen molar-refractivity contribution in [2.24, 2.45) is 0 Å². The predicted molar refractivity (Wildman–Crippen MR) is 39.2 cm³/mol. The van der Waals surface area contributed by atoms with Gasteiger partial charge in [0.1, 0.15) is 0 Å². The molecule has 0 bridgehead atoms. The zero-order chi connectivity index (χ0) is 5.11. The van der Waals surface area contributed by atoms with Gasteiger partial charge in [0.05, 0.1) is 0 Å². The smallest absolute Gasteiger partial charge is 1.00 e. The first-order chi connectivity index (χ1) is 3.39. The molecule has 1 aromatic rings. The molecule has 0 amide bonds. The first kappa shape index (κ1) is 8.79. The van der Waals surface area contributed by atoms with E-state index in [0.29, 0.717) is 0 Å². The van der Waals surface area contributed by atoms with Crippen molar-refractivity contribution in [1.29, 1.82) is 0 Å². The minimum absolute atomic E-state index is 0. The van der Waals surface area contributed by atoms with E-state index in [0.717, 1.165) is 0 Å². The number of benzene rings is 1. The SMILES string of the molecule is Cc1ccccc1.[Ba+2].[H-].[H-]. The molecule has 0 N–H and O–H groups in total. The van der Waals surface area contributed by atoms with Crippen LogP contribution in [0.3, 0.4) is 0 Å². The van der Waals surface area contributed by atoms with Crippen LogP contribution in [0.1, 0.15) is 8.42 Å². The van der Waals surface area contributed by atoms with Gasteiger partial charge in [-0.1, -0.05) is 35.9 Å². The molecule has 40 valence electrons. The normalized spacial score (nSPS) is 7.62. The third-order valence-corrected chi connectivity index (χ3v) is 0.940. The molecule has 0 heterocycles. The summed E-state index contributed by atoms with van der Waals surface area (Å²) in [4.78, 5) is 0. The van der Waals surface area contributed by atoms with E-state index in [4.69, 9.17) is 0 Å². The van der Waals surface area contributed by atoms with Gasteiger partial charge in [-0.05, 0) is 6.92 Å². The van der Waals surface area contributed by atoms with Crippen LogP contribution in [-0.4, -0.2) is 48.9 Å². The largest absolute Gasteiger partial charge is 2.00 e. The van der Waals surface area contributed by atoms with Crippen molar-refractivity contribution < 1.29 is 2.85 Å². The molecule has 0 radical (unpaired) electrons. The van der Waals surface area contributed by atoms with Crippen molar-refractivity contribution in [3.05, 3.63) is 35.9 Å². The van der Waals surface area contributed by atoms with E-state index in [1.807, 2.05) is 18.2 Å². The molecule has 0 aliphatic heterocycles. The summed E-state index contributed by atoms with van der Waals surface area (Å²) in [6.45, 7) is 2.08. The Morgan fingerprint density at radius 1 is 1.12 bits per heavy atom. The molecule has 0 aliphatic rings. The summed E-state index contributed by atoms with van der Waals surface area (Å²) in [6.07, 6.45) is 0. The van der Waals surface area contributed by atoms with Crippen LogP contribution in [0.15, 0.2) is 30.3 Å². The van der Waals surface area contributed by atoms with Crippen LogP contribution in [0.2, 0.25) is 0 Å². The summed E-state index contributed by atoms with van der Waals surface area (Å²) in [5.41, 5.74) is 1.32. The molecule has 0 saturated heterocycles. The van der Waals surface area contributed by atoms with E-state index >= 15 is 0 Å². The van der Waals surface area contributed by atoms with Crippen molar-refractivity contribution >= 4 is 48.9 Å². The minimum Gasteiger partial charge on any atom is -1.00 e. The summed E-state index contributed by atoms with van der Waals surface area (Å²) < 4.78 is 0. The molecule has 0 fully saturated rings. The fourth-order valence-corrected chi connectivity index (χ4v) is 0.534.